The minimum Gasteiger partial charge on any atom is -0.504 e. The van der Waals surface area contributed by atoms with Crippen LogP contribution in [0.4, 0.5) is 0 Å². The molecule has 0 aliphatic rings. The smallest absolute Gasteiger partial charge is 0.203 e. The standard InChI is InChI=1S/C19H22O5/c1-5-13-8-9-14(18(21)17(13)20)7-6-12-10-15(22-2)19(24-4)16(11-12)23-3/h6-11,20-21H,5H2,1-4H3. The molecule has 0 amide bonds. The van der Waals surface area contributed by atoms with Crippen molar-refractivity contribution < 1.29 is 24.4 Å². The maximum atomic E-state index is 10.1. The molecule has 2 N–H and O–H groups in total. The van der Waals surface area contributed by atoms with Gasteiger partial charge in [-0.05, 0) is 29.7 Å². The van der Waals surface area contributed by atoms with E-state index in [1.807, 2.05) is 6.92 Å². The zero-order valence-corrected chi connectivity index (χ0v) is 14.3. The van der Waals surface area contributed by atoms with E-state index in [0.717, 1.165) is 5.56 Å². The second-order valence-electron chi connectivity index (χ2n) is 5.16. The van der Waals surface area contributed by atoms with E-state index in [2.05, 4.69) is 0 Å². The van der Waals surface area contributed by atoms with Crippen LogP contribution in [0.2, 0.25) is 0 Å². The van der Waals surface area contributed by atoms with E-state index >= 15 is 0 Å². The fourth-order valence-corrected chi connectivity index (χ4v) is 2.44. The van der Waals surface area contributed by atoms with Gasteiger partial charge in [0.2, 0.25) is 5.75 Å². The highest BCUT2D eigenvalue weighted by Gasteiger charge is 2.12. The summed E-state index contributed by atoms with van der Waals surface area (Å²) in [5, 5.41) is 20.1. The van der Waals surface area contributed by atoms with Gasteiger partial charge in [0.25, 0.3) is 0 Å². The Morgan fingerprint density at radius 1 is 0.875 bits per heavy atom. The van der Waals surface area contributed by atoms with E-state index in [-0.39, 0.29) is 11.5 Å². The number of ether oxygens (including phenoxy) is 3. The Bertz CT molecular complexity index is 725. The van der Waals surface area contributed by atoms with E-state index in [4.69, 9.17) is 14.2 Å². The van der Waals surface area contributed by atoms with Crippen LogP contribution in [0.1, 0.15) is 23.6 Å². The Kier molecular flexibility index (Phi) is 5.58. The summed E-state index contributed by atoms with van der Waals surface area (Å²) in [5.41, 5.74) is 2.04. The van der Waals surface area contributed by atoms with Crippen LogP contribution >= 0.6 is 0 Å². The Balaban J connectivity index is 2.41. The van der Waals surface area contributed by atoms with Crippen LogP contribution in [0.5, 0.6) is 28.7 Å². The lowest BCUT2D eigenvalue weighted by Gasteiger charge is -2.13. The molecular weight excluding hydrogens is 308 g/mol. The number of rotatable bonds is 6. The Labute approximate surface area is 141 Å². The van der Waals surface area contributed by atoms with Gasteiger partial charge >= 0.3 is 0 Å². The van der Waals surface area contributed by atoms with Crippen molar-refractivity contribution in [2.45, 2.75) is 13.3 Å². The van der Waals surface area contributed by atoms with Crippen LogP contribution in [0.25, 0.3) is 12.2 Å². The molecule has 0 aromatic heterocycles. The van der Waals surface area contributed by atoms with Gasteiger partial charge in [0, 0.05) is 5.56 Å². The van der Waals surface area contributed by atoms with Crippen LogP contribution in [0.15, 0.2) is 24.3 Å². The average Bonchev–Trinajstić information content (AvgIpc) is 2.61. The fraction of sp³-hybridized carbons (Fsp3) is 0.263. The topological polar surface area (TPSA) is 68.2 Å². The third kappa shape index (κ3) is 3.40. The van der Waals surface area contributed by atoms with Gasteiger partial charge in [-0.25, -0.2) is 0 Å². The Hall–Kier alpha value is -2.82. The lowest BCUT2D eigenvalue weighted by molar-refractivity contribution is 0.324. The van der Waals surface area contributed by atoms with E-state index in [1.54, 1.807) is 57.7 Å². The van der Waals surface area contributed by atoms with Gasteiger partial charge in [-0.15, -0.1) is 0 Å². The van der Waals surface area contributed by atoms with Gasteiger partial charge in [0.05, 0.1) is 21.3 Å². The molecule has 2 aromatic rings. The van der Waals surface area contributed by atoms with E-state index < -0.39 is 0 Å². The lowest BCUT2D eigenvalue weighted by Crippen LogP contribution is -1.95. The first kappa shape index (κ1) is 17.5. The molecule has 0 saturated heterocycles. The molecule has 2 aromatic carbocycles. The highest BCUT2D eigenvalue weighted by Crippen LogP contribution is 2.39. The molecule has 2 rings (SSSR count). The number of hydrogen-bond donors (Lipinski definition) is 2. The van der Waals surface area contributed by atoms with Gasteiger partial charge in [-0.3, -0.25) is 0 Å². The molecular formula is C19H22O5. The summed E-state index contributed by atoms with van der Waals surface area (Å²) in [6.45, 7) is 1.92. The monoisotopic (exact) mass is 330 g/mol. The molecule has 5 nitrogen and oxygen atoms in total. The van der Waals surface area contributed by atoms with Crippen LogP contribution in [0.3, 0.4) is 0 Å². The molecule has 128 valence electrons. The first-order valence-corrected chi connectivity index (χ1v) is 7.57. The molecule has 0 radical (unpaired) electrons. The van der Waals surface area contributed by atoms with Crippen molar-refractivity contribution >= 4 is 12.2 Å². The number of benzene rings is 2. The molecule has 0 aliphatic carbocycles. The zero-order chi connectivity index (χ0) is 17.7. The number of hydrogen-bond acceptors (Lipinski definition) is 5. The first-order valence-electron chi connectivity index (χ1n) is 7.57. The molecule has 0 bridgehead atoms. The van der Waals surface area contributed by atoms with Crippen LogP contribution in [0, 0.1) is 0 Å². The molecule has 0 heterocycles. The average molecular weight is 330 g/mol. The highest BCUT2D eigenvalue weighted by molar-refractivity contribution is 5.76. The summed E-state index contributed by atoms with van der Waals surface area (Å²) < 4.78 is 15.9. The van der Waals surface area contributed by atoms with E-state index in [1.165, 1.54) is 0 Å². The van der Waals surface area contributed by atoms with Crippen molar-refractivity contribution in [1.29, 1.82) is 0 Å². The quantitative estimate of drug-likeness (QED) is 0.622. The first-order chi connectivity index (χ1) is 11.5. The number of methoxy groups -OCH3 is 3. The largest absolute Gasteiger partial charge is 0.504 e. The zero-order valence-electron chi connectivity index (χ0n) is 14.3. The van der Waals surface area contributed by atoms with Crippen molar-refractivity contribution in [3.8, 4) is 28.7 Å². The Morgan fingerprint density at radius 3 is 2.00 bits per heavy atom. The molecule has 0 atom stereocenters. The van der Waals surface area contributed by atoms with Crippen LogP contribution in [-0.2, 0) is 6.42 Å². The van der Waals surface area contributed by atoms with Crippen molar-refractivity contribution in [3.63, 3.8) is 0 Å². The van der Waals surface area contributed by atoms with Crippen LogP contribution < -0.4 is 14.2 Å². The van der Waals surface area contributed by atoms with Gasteiger partial charge < -0.3 is 24.4 Å². The molecule has 0 saturated carbocycles. The number of aryl methyl sites for hydroxylation is 1. The van der Waals surface area contributed by atoms with Crippen molar-refractivity contribution in [3.05, 3.63) is 41.0 Å². The third-order valence-electron chi connectivity index (χ3n) is 3.79. The van der Waals surface area contributed by atoms with Crippen LogP contribution in [-0.4, -0.2) is 31.5 Å². The predicted molar refractivity (Wildman–Crippen MR) is 94.2 cm³/mol. The lowest BCUT2D eigenvalue weighted by atomic mass is 10.1. The van der Waals surface area contributed by atoms with E-state index in [9.17, 15) is 10.2 Å². The summed E-state index contributed by atoms with van der Waals surface area (Å²) in [6.07, 6.45) is 4.16. The number of phenols is 2. The third-order valence-corrected chi connectivity index (χ3v) is 3.79. The second kappa shape index (κ2) is 7.64. The molecule has 0 fully saturated rings. The minimum atomic E-state index is -0.127. The van der Waals surface area contributed by atoms with Gasteiger partial charge in [-0.1, -0.05) is 31.2 Å². The minimum absolute atomic E-state index is 0.0791. The van der Waals surface area contributed by atoms with Crippen molar-refractivity contribution in [1.82, 2.24) is 0 Å². The summed E-state index contributed by atoms with van der Waals surface area (Å²) in [4.78, 5) is 0. The molecule has 5 heteroatoms. The summed E-state index contributed by atoms with van der Waals surface area (Å²) in [6, 6.07) is 7.16. The normalized spacial score (nSPS) is 10.8. The molecule has 0 aliphatic heterocycles. The summed E-state index contributed by atoms with van der Waals surface area (Å²) >= 11 is 0. The van der Waals surface area contributed by atoms with Crippen molar-refractivity contribution in [2.75, 3.05) is 21.3 Å². The number of aromatic hydroxyl groups is 2. The SMILES string of the molecule is CCc1ccc(C=Cc2cc(OC)c(OC)c(OC)c2)c(O)c1O. The Morgan fingerprint density at radius 2 is 1.50 bits per heavy atom. The number of phenolic OH excluding ortho intramolecular Hbond substituents is 2. The fourth-order valence-electron chi connectivity index (χ4n) is 2.44. The van der Waals surface area contributed by atoms with Gasteiger partial charge in [0.1, 0.15) is 0 Å². The predicted octanol–water partition coefficient (Wildman–Crippen LogP) is 3.86. The van der Waals surface area contributed by atoms with Gasteiger partial charge in [0.15, 0.2) is 23.0 Å². The summed E-state index contributed by atoms with van der Waals surface area (Å²) in [7, 11) is 4.65. The summed E-state index contributed by atoms with van der Waals surface area (Å²) in [5.74, 6) is 1.40. The second-order valence-corrected chi connectivity index (χ2v) is 5.16. The molecule has 0 spiro atoms. The maximum absolute atomic E-state index is 10.1. The maximum Gasteiger partial charge on any atom is 0.203 e. The molecule has 24 heavy (non-hydrogen) atoms. The molecule has 0 unspecified atom stereocenters. The highest BCUT2D eigenvalue weighted by atomic mass is 16.5. The van der Waals surface area contributed by atoms with E-state index in [0.29, 0.717) is 34.8 Å². The van der Waals surface area contributed by atoms with Crippen molar-refractivity contribution in [2.24, 2.45) is 0 Å². The van der Waals surface area contributed by atoms with Gasteiger partial charge in [-0.2, -0.15) is 0 Å².